The monoisotopic (exact) mass is 273 g/mol. The number of rotatable bonds is 4. The van der Waals surface area contributed by atoms with E-state index >= 15 is 0 Å². The Morgan fingerprint density at radius 2 is 2.20 bits per heavy atom. The molecule has 0 N–H and O–H groups in total. The van der Waals surface area contributed by atoms with E-state index in [-0.39, 0.29) is 17.8 Å². The second kappa shape index (κ2) is 5.12. The third kappa shape index (κ3) is 2.59. The molecule has 1 amide bonds. The van der Waals surface area contributed by atoms with Crippen LogP contribution in [0, 0.1) is 12.7 Å². The van der Waals surface area contributed by atoms with E-state index in [1.807, 2.05) is 17.0 Å². The zero-order chi connectivity index (χ0) is 14.1. The maximum absolute atomic E-state index is 13.1. The first-order valence-electron chi connectivity index (χ1n) is 6.74. The van der Waals surface area contributed by atoms with Crippen LogP contribution in [0.1, 0.15) is 34.5 Å². The molecule has 1 aliphatic carbocycles. The van der Waals surface area contributed by atoms with Crippen LogP contribution in [0.5, 0.6) is 0 Å². The zero-order valence-corrected chi connectivity index (χ0v) is 11.3. The first kappa shape index (κ1) is 12.9. The van der Waals surface area contributed by atoms with Gasteiger partial charge in [-0.3, -0.25) is 4.79 Å². The van der Waals surface area contributed by atoms with Gasteiger partial charge in [0.15, 0.2) is 0 Å². The highest BCUT2D eigenvalue weighted by Gasteiger charge is 2.34. The Hall–Kier alpha value is -2.10. The lowest BCUT2D eigenvalue weighted by atomic mass is 10.1. The standard InChI is InChI=1S/C16H16FNO2/c1-11-9-12(17)4-7-15(11)16(19)18(13-5-6-13)10-14-3-2-8-20-14/h2-4,7-9,13H,5-6,10H2,1H3. The second-order valence-electron chi connectivity index (χ2n) is 5.20. The minimum absolute atomic E-state index is 0.0543. The summed E-state index contributed by atoms with van der Waals surface area (Å²) in [6, 6.07) is 8.24. The molecule has 1 saturated carbocycles. The fourth-order valence-corrected chi connectivity index (χ4v) is 2.35. The molecule has 1 fully saturated rings. The van der Waals surface area contributed by atoms with Crippen LogP contribution in [-0.4, -0.2) is 16.8 Å². The van der Waals surface area contributed by atoms with E-state index < -0.39 is 0 Å². The largest absolute Gasteiger partial charge is 0.467 e. The van der Waals surface area contributed by atoms with E-state index in [1.165, 1.54) is 12.1 Å². The predicted octanol–water partition coefficient (Wildman–Crippen LogP) is 3.53. The Morgan fingerprint density at radius 3 is 2.80 bits per heavy atom. The van der Waals surface area contributed by atoms with Crippen molar-refractivity contribution in [3.63, 3.8) is 0 Å². The number of hydrogen-bond acceptors (Lipinski definition) is 2. The zero-order valence-electron chi connectivity index (χ0n) is 11.3. The minimum Gasteiger partial charge on any atom is -0.467 e. The molecule has 3 nitrogen and oxygen atoms in total. The summed E-state index contributed by atoms with van der Waals surface area (Å²) in [6.45, 7) is 2.22. The van der Waals surface area contributed by atoms with Crippen LogP contribution in [-0.2, 0) is 6.54 Å². The van der Waals surface area contributed by atoms with Crippen molar-refractivity contribution in [2.24, 2.45) is 0 Å². The first-order chi connectivity index (χ1) is 9.65. The number of furan rings is 1. The van der Waals surface area contributed by atoms with E-state index in [1.54, 1.807) is 19.3 Å². The molecule has 0 spiro atoms. The van der Waals surface area contributed by atoms with E-state index in [0.29, 0.717) is 17.7 Å². The number of carbonyl (C=O) groups is 1. The van der Waals surface area contributed by atoms with Gasteiger partial charge in [0.05, 0.1) is 12.8 Å². The summed E-state index contributed by atoms with van der Waals surface area (Å²) in [6.07, 6.45) is 3.65. The topological polar surface area (TPSA) is 33.5 Å². The highest BCUT2D eigenvalue weighted by Crippen LogP contribution is 2.30. The number of nitrogens with zero attached hydrogens (tertiary/aromatic N) is 1. The van der Waals surface area contributed by atoms with Gasteiger partial charge in [0.25, 0.3) is 5.91 Å². The summed E-state index contributed by atoms with van der Waals surface area (Å²) in [7, 11) is 0. The van der Waals surface area contributed by atoms with E-state index in [4.69, 9.17) is 4.42 Å². The molecule has 1 aromatic heterocycles. The molecule has 1 aliphatic rings. The van der Waals surface area contributed by atoms with Gasteiger partial charge in [0.1, 0.15) is 11.6 Å². The third-order valence-corrected chi connectivity index (χ3v) is 3.57. The Kier molecular flexibility index (Phi) is 3.30. The summed E-state index contributed by atoms with van der Waals surface area (Å²) < 4.78 is 18.5. The van der Waals surface area contributed by atoms with E-state index in [9.17, 15) is 9.18 Å². The first-order valence-corrected chi connectivity index (χ1v) is 6.74. The summed E-state index contributed by atoms with van der Waals surface area (Å²) >= 11 is 0. The molecular formula is C16H16FNO2. The van der Waals surface area contributed by atoms with Gasteiger partial charge in [0, 0.05) is 11.6 Å². The molecule has 1 heterocycles. The normalized spacial score (nSPS) is 14.3. The quantitative estimate of drug-likeness (QED) is 0.853. The Bertz CT molecular complexity index is 617. The molecule has 20 heavy (non-hydrogen) atoms. The Balaban J connectivity index is 1.85. The lowest BCUT2D eigenvalue weighted by Gasteiger charge is -2.22. The maximum Gasteiger partial charge on any atom is 0.254 e. The number of halogens is 1. The van der Waals surface area contributed by atoms with Crippen molar-refractivity contribution < 1.29 is 13.6 Å². The minimum atomic E-state index is -0.317. The van der Waals surface area contributed by atoms with Gasteiger partial charge < -0.3 is 9.32 Å². The highest BCUT2D eigenvalue weighted by atomic mass is 19.1. The Labute approximate surface area is 117 Å². The molecule has 1 aromatic carbocycles. The van der Waals surface area contributed by atoms with Crippen molar-refractivity contribution in [1.82, 2.24) is 4.90 Å². The van der Waals surface area contributed by atoms with Gasteiger partial charge in [-0.2, -0.15) is 0 Å². The average Bonchev–Trinajstić information content (AvgIpc) is 3.12. The fraction of sp³-hybridized carbons (Fsp3) is 0.312. The van der Waals surface area contributed by atoms with Gasteiger partial charge in [-0.15, -0.1) is 0 Å². The number of benzene rings is 1. The van der Waals surface area contributed by atoms with Gasteiger partial charge in [-0.05, 0) is 55.7 Å². The predicted molar refractivity (Wildman–Crippen MR) is 72.7 cm³/mol. The van der Waals surface area contributed by atoms with Crippen LogP contribution in [0.25, 0.3) is 0 Å². The molecule has 0 bridgehead atoms. The van der Waals surface area contributed by atoms with Crippen LogP contribution in [0.3, 0.4) is 0 Å². The average molecular weight is 273 g/mol. The molecular weight excluding hydrogens is 257 g/mol. The maximum atomic E-state index is 13.1. The molecule has 3 rings (SSSR count). The second-order valence-corrected chi connectivity index (χ2v) is 5.20. The number of carbonyl (C=O) groups excluding carboxylic acids is 1. The molecule has 0 unspecified atom stereocenters. The highest BCUT2D eigenvalue weighted by molar-refractivity contribution is 5.96. The molecule has 0 aliphatic heterocycles. The molecule has 0 atom stereocenters. The van der Waals surface area contributed by atoms with Gasteiger partial charge in [-0.25, -0.2) is 4.39 Å². The molecule has 0 saturated heterocycles. The number of hydrogen-bond donors (Lipinski definition) is 0. The van der Waals surface area contributed by atoms with Crippen LogP contribution < -0.4 is 0 Å². The van der Waals surface area contributed by atoms with Crippen LogP contribution >= 0.6 is 0 Å². The summed E-state index contributed by atoms with van der Waals surface area (Å²) in [5.41, 5.74) is 1.23. The Morgan fingerprint density at radius 1 is 1.40 bits per heavy atom. The van der Waals surface area contributed by atoms with Gasteiger partial charge in [-0.1, -0.05) is 0 Å². The van der Waals surface area contributed by atoms with Gasteiger partial charge >= 0.3 is 0 Å². The van der Waals surface area contributed by atoms with Crippen LogP contribution in [0.2, 0.25) is 0 Å². The summed E-state index contributed by atoms with van der Waals surface area (Å²) in [4.78, 5) is 14.5. The van der Waals surface area contributed by atoms with Crippen molar-refractivity contribution in [2.45, 2.75) is 32.4 Å². The lowest BCUT2D eigenvalue weighted by Crippen LogP contribution is -2.33. The number of aryl methyl sites for hydroxylation is 1. The van der Waals surface area contributed by atoms with E-state index in [0.717, 1.165) is 18.6 Å². The van der Waals surface area contributed by atoms with Crippen molar-refractivity contribution >= 4 is 5.91 Å². The SMILES string of the molecule is Cc1cc(F)ccc1C(=O)N(Cc1ccco1)C1CC1. The van der Waals surface area contributed by atoms with Crippen LogP contribution in [0.4, 0.5) is 4.39 Å². The van der Waals surface area contributed by atoms with Gasteiger partial charge in [0.2, 0.25) is 0 Å². The van der Waals surface area contributed by atoms with Crippen LogP contribution in [0.15, 0.2) is 41.0 Å². The van der Waals surface area contributed by atoms with Crippen molar-refractivity contribution in [2.75, 3.05) is 0 Å². The van der Waals surface area contributed by atoms with Crippen molar-refractivity contribution in [1.29, 1.82) is 0 Å². The number of amides is 1. The van der Waals surface area contributed by atoms with E-state index in [2.05, 4.69) is 0 Å². The van der Waals surface area contributed by atoms with Crippen molar-refractivity contribution in [3.05, 3.63) is 59.3 Å². The smallest absolute Gasteiger partial charge is 0.254 e. The van der Waals surface area contributed by atoms with Crippen molar-refractivity contribution in [3.8, 4) is 0 Å². The summed E-state index contributed by atoms with van der Waals surface area (Å²) in [5.74, 6) is 0.398. The fourth-order valence-electron chi connectivity index (χ4n) is 2.35. The molecule has 0 radical (unpaired) electrons. The molecule has 2 aromatic rings. The summed E-state index contributed by atoms with van der Waals surface area (Å²) in [5, 5.41) is 0. The molecule has 104 valence electrons. The lowest BCUT2D eigenvalue weighted by molar-refractivity contribution is 0.0716. The molecule has 4 heteroatoms. The third-order valence-electron chi connectivity index (χ3n) is 3.57.